The van der Waals surface area contributed by atoms with Gasteiger partial charge < -0.3 is 10.1 Å². The third-order valence-corrected chi connectivity index (χ3v) is 3.63. The summed E-state index contributed by atoms with van der Waals surface area (Å²) in [5, 5.41) is 4.70. The van der Waals surface area contributed by atoms with E-state index in [1.165, 1.54) is 0 Å². The standard InChI is InChI=1S/C15H16Cl2N2O/c1-10(13-6-5-12(16)8-14(13)17)19-9-11-4-3-7-18-15(11)20-2/h3-8,10,19H,9H2,1-2H3. The van der Waals surface area contributed by atoms with Crippen molar-refractivity contribution in [2.75, 3.05) is 7.11 Å². The number of pyridine rings is 1. The zero-order valence-electron chi connectivity index (χ0n) is 11.4. The predicted octanol–water partition coefficient (Wildman–Crippen LogP) is 4.25. The van der Waals surface area contributed by atoms with E-state index in [1.807, 2.05) is 24.3 Å². The summed E-state index contributed by atoms with van der Waals surface area (Å²) in [6, 6.07) is 9.49. The Labute approximate surface area is 128 Å². The van der Waals surface area contributed by atoms with Crippen molar-refractivity contribution < 1.29 is 4.74 Å². The van der Waals surface area contributed by atoms with Gasteiger partial charge in [0.05, 0.1) is 7.11 Å². The molecule has 5 heteroatoms. The molecule has 0 aliphatic heterocycles. The van der Waals surface area contributed by atoms with Crippen molar-refractivity contribution >= 4 is 23.2 Å². The van der Waals surface area contributed by atoms with Crippen LogP contribution in [-0.4, -0.2) is 12.1 Å². The van der Waals surface area contributed by atoms with Crippen LogP contribution in [0.4, 0.5) is 0 Å². The quantitative estimate of drug-likeness (QED) is 0.896. The van der Waals surface area contributed by atoms with E-state index in [2.05, 4.69) is 17.2 Å². The maximum atomic E-state index is 6.20. The van der Waals surface area contributed by atoms with Crippen LogP contribution >= 0.6 is 23.2 Å². The molecule has 106 valence electrons. The molecule has 0 bridgehead atoms. The molecule has 0 amide bonds. The Hall–Kier alpha value is -1.29. The Balaban J connectivity index is 2.06. The molecule has 0 fully saturated rings. The van der Waals surface area contributed by atoms with Crippen LogP contribution in [0.3, 0.4) is 0 Å². The topological polar surface area (TPSA) is 34.1 Å². The molecule has 3 nitrogen and oxygen atoms in total. The first-order chi connectivity index (χ1) is 9.61. The molecule has 1 aromatic carbocycles. The first kappa shape index (κ1) is 15.1. The second-order valence-electron chi connectivity index (χ2n) is 4.44. The molecule has 0 aliphatic carbocycles. The molecule has 0 radical (unpaired) electrons. The SMILES string of the molecule is COc1ncccc1CNC(C)c1ccc(Cl)cc1Cl. The van der Waals surface area contributed by atoms with Gasteiger partial charge in [0.25, 0.3) is 0 Å². The predicted molar refractivity (Wildman–Crippen MR) is 82.5 cm³/mol. The van der Waals surface area contributed by atoms with Gasteiger partial charge in [-0.25, -0.2) is 4.98 Å². The smallest absolute Gasteiger partial charge is 0.217 e. The van der Waals surface area contributed by atoms with E-state index in [-0.39, 0.29) is 6.04 Å². The number of nitrogens with zero attached hydrogens (tertiary/aromatic N) is 1. The second-order valence-corrected chi connectivity index (χ2v) is 5.28. The van der Waals surface area contributed by atoms with Crippen LogP contribution in [0.2, 0.25) is 10.0 Å². The summed E-state index contributed by atoms with van der Waals surface area (Å²) in [5.41, 5.74) is 2.02. The van der Waals surface area contributed by atoms with Gasteiger partial charge in [-0.1, -0.05) is 35.3 Å². The number of benzene rings is 1. The molecule has 1 unspecified atom stereocenters. The lowest BCUT2D eigenvalue weighted by Gasteiger charge is -2.16. The van der Waals surface area contributed by atoms with Gasteiger partial charge >= 0.3 is 0 Å². The van der Waals surface area contributed by atoms with E-state index in [4.69, 9.17) is 27.9 Å². The lowest BCUT2D eigenvalue weighted by atomic mass is 10.1. The van der Waals surface area contributed by atoms with Crippen LogP contribution in [-0.2, 0) is 6.54 Å². The highest BCUT2D eigenvalue weighted by Crippen LogP contribution is 2.26. The van der Waals surface area contributed by atoms with E-state index in [0.717, 1.165) is 11.1 Å². The lowest BCUT2D eigenvalue weighted by molar-refractivity contribution is 0.389. The molecule has 1 heterocycles. The Morgan fingerprint density at radius 2 is 2.10 bits per heavy atom. The average molecular weight is 311 g/mol. The van der Waals surface area contributed by atoms with Crippen molar-refractivity contribution in [3.05, 3.63) is 57.7 Å². The van der Waals surface area contributed by atoms with Gasteiger partial charge in [0, 0.05) is 34.4 Å². The first-order valence-electron chi connectivity index (χ1n) is 6.28. The average Bonchev–Trinajstić information content (AvgIpc) is 2.45. The Morgan fingerprint density at radius 3 is 2.80 bits per heavy atom. The maximum Gasteiger partial charge on any atom is 0.217 e. The van der Waals surface area contributed by atoms with Gasteiger partial charge in [-0.05, 0) is 30.7 Å². The van der Waals surface area contributed by atoms with Crippen LogP contribution < -0.4 is 10.1 Å². The van der Waals surface area contributed by atoms with Crippen molar-refractivity contribution in [3.8, 4) is 5.88 Å². The summed E-state index contributed by atoms with van der Waals surface area (Å²) in [6.45, 7) is 2.70. The highest BCUT2D eigenvalue weighted by molar-refractivity contribution is 6.35. The maximum absolute atomic E-state index is 6.20. The van der Waals surface area contributed by atoms with Crippen LogP contribution in [0.15, 0.2) is 36.5 Å². The third kappa shape index (κ3) is 3.63. The molecular weight excluding hydrogens is 295 g/mol. The summed E-state index contributed by atoms with van der Waals surface area (Å²) in [5.74, 6) is 0.634. The molecule has 0 saturated heterocycles. The molecule has 2 rings (SSSR count). The van der Waals surface area contributed by atoms with Crippen molar-refractivity contribution in [1.82, 2.24) is 10.3 Å². The van der Waals surface area contributed by atoms with Gasteiger partial charge in [0.15, 0.2) is 0 Å². The minimum absolute atomic E-state index is 0.102. The second kappa shape index (κ2) is 6.93. The van der Waals surface area contributed by atoms with E-state index in [9.17, 15) is 0 Å². The summed E-state index contributed by atoms with van der Waals surface area (Å²) < 4.78 is 5.23. The molecule has 0 aliphatic rings. The Bertz CT molecular complexity index is 590. The van der Waals surface area contributed by atoms with Crippen molar-refractivity contribution in [1.29, 1.82) is 0 Å². The summed E-state index contributed by atoms with van der Waals surface area (Å²) in [4.78, 5) is 4.17. The monoisotopic (exact) mass is 310 g/mol. The molecule has 1 atom stereocenters. The molecule has 0 saturated carbocycles. The van der Waals surface area contributed by atoms with E-state index in [1.54, 1.807) is 19.4 Å². The summed E-state index contributed by atoms with van der Waals surface area (Å²) >= 11 is 12.1. The molecule has 1 aromatic heterocycles. The van der Waals surface area contributed by atoms with E-state index in [0.29, 0.717) is 22.5 Å². The fourth-order valence-corrected chi connectivity index (χ4v) is 2.54. The third-order valence-electron chi connectivity index (χ3n) is 3.07. The first-order valence-corrected chi connectivity index (χ1v) is 7.03. The number of ether oxygens (including phenoxy) is 1. The van der Waals surface area contributed by atoms with Crippen molar-refractivity contribution in [2.24, 2.45) is 0 Å². The summed E-state index contributed by atoms with van der Waals surface area (Å²) in [6.07, 6.45) is 1.71. The van der Waals surface area contributed by atoms with Crippen LogP contribution in [0.1, 0.15) is 24.1 Å². The van der Waals surface area contributed by atoms with Gasteiger partial charge in [0.2, 0.25) is 5.88 Å². The fourth-order valence-electron chi connectivity index (χ4n) is 1.97. The number of hydrogen-bond donors (Lipinski definition) is 1. The van der Waals surface area contributed by atoms with E-state index >= 15 is 0 Å². The number of nitrogens with one attached hydrogen (secondary N) is 1. The van der Waals surface area contributed by atoms with Gasteiger partial charge in [0.1, 0.15) is 0 Å². The fraction of sp³-hybridized carbons (Fsp3) is 0.267. The normalized spacial score (nSPS) is 12.2. The number of methoxy groups -OCH3 is 1. The van der Waals surface area contributed by atoms with Crippen molar-refractivity contribution in [2.45, 2.75) is 19.5 Å². The molecule has 1 N–H and O–H groups in total. The Kier molecular flexibility index (Phi) is 5.24. The number of rotatable bonds is 5. The molecule has 0 spiro atoms. The van der Waals surface area contributed by atoms with E-state index < -0.39 is 0 Å². The van der Waals surface area contributed by atoms with Gasteiger partial charge in [-0.2, -0.15) is 0 Å². The molecular formula is C15H16Cl2N2O. The van der Waals surface area contributed by atoms with Crippen LogP contribution in [0, 0.1) is 0 Å². The Morgan fingerprint density at radius 1 is 1.30 bits per heavy atom. The highest BCUT2D eigenvalue weighted by Gasteiger charge is 2.11. The minimum atomic E-state index is 0.102. The highest BCUT2D eigenvalue weighted by atomic mass is 35.5. The van der Waals surface area contributed by atoms with Crippen LogP contribution in [0.25, 0.3) is 0 Å². The molecule has 20 heavy (non-hydrogen) atoms. The number of aromatic nitrogens is 1. The zero-order valence-corrected chi connectivity index (χ0v) is 12.9. The van der Waals surface area contributed by atoms with Crippen LogP contribution in [0.5, 0.6) is 5.88 Å². The zero-order chi connectivity index (χ0) is 14.5. The van der Waals surface area contributed by atoms with Crippen molar-refractivity contribution in [3.63, 3.8) is 0 Å². The lowest BCUT2D eigenvalue weighted by Crippen LogP contribution is -2.19. The van der Waals surface area contributed by atoms with Gasteiger partial charge in [-0.15, -0.1) is 0 Å². The molecule has 2 aromatic rings. The minimum Gasteiger partial charge on any atom is -0.481 e. The largest absolute Gasteiger partial charge is 0.481 e. The summed E-state index contributed by atoms with van der Waals surface area (Å²) in [7, 11) is 1.62. The van der Waals surface area contributed by atoms with Gasteiger partial charge in [-0.3, -0.25) is 0 Å². The number of halogens is 2. The number of hydrogen-bond acceptors (Lipinski definition) is 3.